The summed E-state index contributed by atoms with van der Waals surface area (Å²) >= 11 is 0. The van der Waals surface area contributed by atoms with E-state index in [1.807, 2.05) is 60.7 Å². The van der Waals surface area contributed by atoms with Gasteiger partial charge in [-0.25, -0.2) is 0 Å². The van der Waals surface area contributed by atoms with E-state index in [0.29, 0.717) is 0 Å². The Labute approximate surface area is 403 Å². The Bertz CT molecular complexity index is 4040. The van der Waals surface area contributed by atoms with Gasteiger partial charge in [-0.15, -0.1) is 0 Å². The maximum atomic E-state index is 9.91. The first-order valence-corrected chi connectivity index (χ1v) is 23.0. The van der Waals surface area contributed by atoms with Crippen LogP contribution in [0.4, 0.5) is 34.1 Å². The van der Waals surface area contributed by atoms with Gasteiger partial charge in [0.05, 0.1) is 23.3 Å². The van der Waals surface area contributed by atoms with Crippen LogP contribution in [0.2, 0.25) is 0 Å². The van der Waals surface area contributed by atoms with E-state index in [4.69, 9.17) is 1.37 Å². The van der Waals surface area contributed by atoms with Crippen molar-refractivity contribution in [3.63, 3.8) is 0 Å². The zero-order valence-corrected chi connectivity index (χ0v) is 36.9. The van der Waals surface area contributed by atoms with Crippen LogP contribution in [0.3, 0.4) is 0 Å². The van der Waals surface area contributed by atoms with Gasteiger partial charge in [-0.2, -0.15) is 0 Å². The molecule has 0 fully saturated rings. The minimum Gasteiger partial charge on any atom is -0.310 e. The lowest BCUT2D eigenvalue weighted by molar-refractivity contribution is 0.770. The number of nitrogens with zero attached hydrogens (tertiary/aromatic N) is 3. The Morgan fingerprint density at radius 3 is 1.44 bits per heavy atom. The quantitative estimate of drug-likeness (QED) is 0.143. The summed E-state index contributed by atoms with van der Waals surface area (Å²) < 4.78 is 49.5. The van der Waals surface area contributed by atoms with Gasteiger partial charge in [0.25, 0.3) is 0 Å². The van der Waals surface area contributed by atoms with Crippen molar-refractivity contribution in [1.82, 2.24) is 4.57 Å². The van der Waals surface area contributed by atoms with Crippen molar-refractivity contribution in [1.29, 1.82) is 0 Å². The molecule has 1 heterocycles. The molecule has 1 aliphatic rings. The molecule has 68 heavy (non-hydrogen) atoms. The van der Waals surface area contributed by atoms with E-state index in [2.05, 4.69) is 196 Å². The first-order chi connectivity index (χ1) is 35.8. The molecule has 12 aromatic rings. The van der Waals surface area contributed by atoms with E-state index in [1.54, 1.807) is 0 Å². The first kappa shape index (κ1) is 34.4. The highest BCUT2D eigenvalue weighted by Gasteiger charge is 2.47. The third-order valence-corrected chi connectivity index (χ3v) is 13.7. The van der Waals surface area contributed by atoms with Crippen LogP contribution in [0, 0.1) is 0 Å². The molecule has 0 radical (unpaired) electrons. The molecule has 1 unspecified atom stereocenters. The van der Waals surface area contributed by atoms with Crippen LogP contribution in [-0.2, 0) is 5.41 Å². The van der Waals surface area contributed by atoms with Gasteiger partial charge >= 0.3 is 0 Å². The maximum Gasteiger partial charge on any atom is 0.0713 e. The predicted octanol–water partition coefficient (Wildman–Crippen LogP) is 17.2. The second-order valence-electron chi connectivity index (χ2n) is 17.3. The van der Waals surface area contributed by atoms with Crippen LogP contribution < -0.4 is 9.80 Å². The second-order valence-corrected chi connectivity index (χ2v) is 17.3. The normalized spacial score (nSPS) is 15.0. The van der Waals surface area contributed by atoms with Gasteiger partial charge in [-0.1, -0.05) is 170 Å². The van der Waals surface area contributed by atoms with Crippen LogP contribution in [0.15, 0.2) is 273 Å². The summed E-state index contributed by atoms with van der Waals surface area (Å²) in [6, 6.07) is 82.3. The van der Waals surface area contributed by atoms with Gasteiger partial charge in [0.15, 0.2) is 0 Å². The minimum atomic E-state index is -1.40. The van der Waals surface area contributed by atoms with Gasteiger partial charge in [0.1, 0.15) is 0 Å². The standard InChI is InChI=1S/C65H45N3/c1-6-22-48(23-7-1)65(49-35-41-64-60(43-49)57-32-18-19-33-63(57)68(64)53-30-14-5-15-31-53)61-39-37-55(66(50-24-8-2-9-25-50)51-26-10-3-11-27-51)44-58(61)59-45-56(38-40-62(59)65)67(52-28-12-4-13-29-52)54-36-34-46-20-16-17-21-47(46)42-54/h1-45H/i1D,6D,7D,22D,23D. The predicted molar refractivity (Wildman–Crippen MR) is 285 cm³/mol. The van der Waals surface area contributed by atoms with Gasteiger partial charge in [-0.05, 0) is 147 Å². The van der Waals surface area contributed by atoms with Crippen molar-refractivity contribution < 1.29 is 6.85 Å². The lowest BCUT2D eigenvalue weighted by atomic mass is 9.67. The zero-order chi connectivity index (χ0) is 49.4. The van der Waals surface area contributed by atoms with E-state index in [-0.39, 0.29) is 29.7 Å². The molecular formula is C65H45N3. The molecule has 3 nitrogen and oxygen atoms in total. The van der Waals surface area contributed by atoms with E-state index in [9.17, 15) is 5.48 Å². The number of fused-ring (bicyclic) bond motifs is 7. The third-order valence-electron chi connectivity index (χ3n) is 13.7. The smallest absolute Gasteiger partial charge is 0.0713 e. The van der Waals surface area contributed by atoms with Gasteiger partial charge in [-0.3, -0.25) is 0 Å². The Hall–Kier alpha value is -8.92. The summed E-state index contributed by atoms with van der Waals surface area (Å²) in [7, 11) is 0. The fourth-order valence-corrected chi connectivity index (χ4v) is 10.8. The highest BCUT2D eigenvalue weighted by molar-refractivity contribution is 6.10. The van der Waals surface area contributed by atoms with Gasteiger partial charge in [0, 0.05) is 50.6 Å². The van der Waals surface area contributed by atoms with E-state index >= 15 is 0 Å². The Balaban J connectivity index is 1.15. The number of benzene rings is 11. The number of anilines is 6. The number of para-hydroxylation sites is 5. The zero-order valence-electron chi connectivity index (χ0n) is 41.9. The largest absolute Gasteiger partial charge is 0.310 e. The summed E-state index contributed by atoms with van der Waals surface area (Å²) in [6.07, 6.45) is 0. The molecule has 13 rings (SSSR count). The fraction of sp³-hybridized carbons (Fsp3) is 0.0154. The van der Waals surface area contributed by atoms with Crippen LogP contribution >= 0.6 is 0 Å². The lowest BCUT2D eigenvalue weighted by Crippen LogP contribution is -2.28. The molecule has 1 aliphatic carbocycles. The lowest BCUT2D eigenvalue weighted by Gasteiger charge is -2.34. The molecular weight excluding hydrogens is 823 g/mol. The molecule has 0 bridgehead atoms. The van der Waals surface area contributed by atoms with Crippen LogP contribution in [0.1, 0.15) is 29.1 Å². The molecule has 0 saturated heterocycles. The Kier molecular flexibility index (Phi) is 8.20. The van der Waals surface area contributed by atoms with Crippen LogP contribution in [0.5, 0.6) is 0 Å². The molecule has 0 aliphatic heterocycles. The Morgan fingerprint density at radius 2 is 0.824 bits per heavy atom. The van der Waals surface area contributed by atoms with Crippen molar-refractivity contribution in [3.8, 4) is 16.8 Å². The van der Waals surface area contributed by atoms with Crippen molar-refractivity contribution in [2.24, 2.45) is 0 Å². The average molecular weight is 873 g/mol. The molecule has 0 spiro atoms. The van der Waals surface area contributed by atoms with Crippen molar-refractivity contribution in [2.75, 3.05) is 9.80 Å². The monoisotopic (exact) mass is 872 g/mol. The topological polar surface area (TPSA) is 11.4 Å². The first-order valence-electron chi connectivity index (χ1n) is 25.5. The highest BCUT2D eigenvalue weighted by Crippen LogP contribution is 2.59. The number of hydrogen-bond donors (Lipinski definition) is 0. The van der Waals surface area contributed by atoms with E-state index in [0.717, 1.165) is 100 Å². The molecule has 0 N–H and O–H groups in total. The summed E-state index contributed by atoms with van der Waals surface area (Å²) in [5.41, 5.74) is 11.7. The summed E-state index contributed by atoms with van der Waals surface area (Å²) in [4.78, 5) is 4.51. The fourth-order valence-electron chi connectivity index (χ4n) is 10.8. The molecule has 0 amide bonds. The van der Waals surface area contributed by atoms with Crippen molar-refractivity contribution >= 4 is 66.7 Å². The van der Waals surface area contributed by atoms with Crippen LogP contribution in [0.25, 0.3) is 49.4 Å². The summed E-state index contributed by atoms with van der Waals surface area (Å²) in [6.45, 7) is 0. The van der Waals surface area contributed by atoms with Gasteiger partial charge < -0.3 is 14.4 Å². The Morgan fingerprint density at radius 1 is 0.338 bits per heavy atom. The molecule has 1 aromatic heterocycles. The highest BCUT2D eigenvalue weighted by atomic mass is 15.1. The number of rotatable bonds is 9. The van der Waals surface area contributed by atoms with Gasteiger partial charge in [0.2, 0.25) is 0 Å². The van der Waals surface area contributed by atoms with Crippen molar-refractivity contribution in [3.05, 3.63) is 295 Å². The number of hydrogen-bond acceptors (Lipinski definition) is 2. The van der Waals surface area contributed by atoms with Crippen LogP contribution in [-0.4, -0.2) is 4.57 Å². The van der Waals surface area contributed by atoms with E-state index in [1.165, 1.54) is 0 Å². The van der Waals surface area contributed by atoms with E-state index < -0.39 is 11.5 Å². The maximum absolute atomic E-state index is 9.91. The summed E-state index contributed by atoms with van der Waals surface area (Å²) in [5, 5.41) is 4.28. The SMILES string of the molecule is [2H]c1c([2H])c([2H])c(C2(c3ccc4c(c3)c3ccccc3n4-c3ccccc3)c3ccc(N(c4ccccc4)c4ccccc4)cc3-c3cc(N(c4ccccc4)c4ccc5ccccc5c4)ccc32)c([2H])c1[2H]. The second kappa shape index (κ2) is 16.2. The molecule has 1 atom stereocenters. The molecule has 3 heteroatoms. The number of aromatic nitrogens is 1. The minimum absolute atomic E-state index is 0.197. The average Bonchev–Trinajstić information content (AvgIpc) is 3.94. The van der Waals surface area contributed by atoms with Crippen molar-refractivity contribution in [2.45, 2.75) is 5.41 Å². The molecule has 0 saturated carbocycles. The molecule has 11 aromatic carbocycles. The third kappa shape index (κ3) is 6.28. The summed E-state index contributed by atoms with van der Waals surface area (Å²) in [5.74, 6) is 0. The molecule has 320 valence electrons.